The monoisotopic (exact) mass is 375 g/mol. The first-order valence-electron chi connectivity index (χ1n) is 6.52. The van der Waals surface area contributed by atoms with Crippen LogP contribution in [-0.2, 0) is 12.8 Å². The van der Waals surface area contributed by atoms with Gasteiger partial charge in [0.1, 0.15) is 0 Å². The van der Waals surface area contributed by atoms with Gasteiger partial charge in [-0.2, -0.15) is 0 Å². The maximum absolute atomic E-state index is 9.17. The van der Waals surface area contributed by atoms with Crippen LogP contribution in [0.1, 0.15) is 30.9 Å². The molecule has 4 N–H and O–H groups in total. The zero-order valence-corrected chi connectivity index (χ0v) is 13.6. The van der Waals surface area contributed by atoms with E-state index in [9.17, 15) is 0 Å². The summed E-state index contributed by atoms with van der Waals surface area (Å²) in [6, 6.07) is 6.27. The molecule has 1 aromatic carbocycles. The van der Waals surface area contributed by atoms with E-state index in [1.807, 2.05) is 6.07 Å². The highest BCUT2D eigenvalue weighted by atomic mass is 127. The van der Waals surface area contributed by atoms with Crippen LogP contribution in [0.5, 0.6) is 0 Å². The summed E-state index contributed by atoms with van der Waals surface area (Å²) >= 11 is 0. The second kappa shape index (κ2) is 7.69. The average molecular weight is 375 g/mol. The van der Waals surface area contributed by atoms with Gasteiger partial charge < -0.3 is 16.2 Å². The summed E-state index contributed by atoms with van der Waals surface area (Å²) in [4.78, 5) is 4.10. The molecule has 0 aromatic heterocycles. The standard InChI is InChI=1S/C14H21N3O.HI/c1-10(18)9-16-14(15)17-13-8-4-6-11-5-2-3-7-12(11)13;/h4,6,8,10,18H,2-3,5,7,9H2,1H3,(H3,15,16,17);1H. The van der Waals surface area contributed by atoms with Crippen LogP contribution in [0.2, 0.25) is 0 Å². The van der Waals surface area contributed by atoms with Crippen LogP contribution in [0.15, 0.2) is 23.2 Å². The lowest BCUT2D eigenvalue weighted by atomic mass is 9.90. The van der Waals surface area contributed by atoms with Gasteiger partial charge in [-0.15, -0.1) is 24.0 Å². The van der Waals surface area contributed by atoms with Gasteiger partial charge in [0.2, 0.25) is 0 Å². The van der Waals surface area contributed by atoms with Gasteiger partial charge in [0.15, 0.2) is 5.96 Å². The Morgan fingerprint density at radius 2 is 2.16 bits per heavy atom. The van der Waals surface area contributed by atoms with Crippen molar-refractivity contribution in [3.8, 4) is 0 Å². The maximum atomic E-state index is 9.17. The summed E-state index contributed by atoms with van der Waals surface area (Å²) in [5.41, 5.74) is 9.64. The number of aliphatic hydroxyl groups excluding tert-OH is 1. The molecule has 0 saturated carbocycles. The van der Waals surface area contributed by atoms with Crippen molar-refractivity contribution < 1.29 is 5.11 Å². The molecule has 1 aliphatic rings. The summed E-state index contributed by atoms with van der Waals surface area (Å²) in [7, 11) is 0. The van der Waals surface area contributed by atoms with Crippen molar-refractivity contribution in [2.75, 3.05) is 11.9 Å². The Kier molecular flexibility index (Phi) is 6.57. The summed E-state index contributed by atoms with van der Waals surface area (Å²) < 4.78 is 0. The molecule has 2 rings (SSSR count). The van der Waals surface area contributed by atoms with E-state index in [0.29, 0.717) is 12.5 Å². The van der Waals surface area contributed by atoms with E-state index in [0.717, 1.165) is 18.5 Å². The number of halogens is 1. The fraction of sp³-hybridized carbons (Fsp3) is 0.500. The highest BCUT2D eigenvalue weighted by Crippen LogP contribution is 2.27. The van der Waals surface area contributed by atoms with Crippen molar-refractivity contribution in [2.45, 2.75) is 38.7 Å². The fourth-order valence-corrected chi connectivity index (χ4v) is 2.31. The molecule has 0 saturated heterocycles. The second-order valence-electron chi connectivity index (χ2n) is 4.85. The topological polar surface area (TPSA) is 70.6 Å². The molecule has 1 aromatic rings. The Morgan fingerprint density at radius 1 is 1.42 bits per heavy atom. The van der Waals surface area contributed by atoms with Crippen molar-refractivity contribution >= 4 is 35.6 Å². The first-order chi connectivity index (χ1) is 8.66. The molecule has 19 heavy (non-hydrogen) atoms. The predicted molar refractivity (Wildman–Crippen MR) is 90.3 cm³/mol. The number of aliphatic imine (C=N–C) groups is 1. The van der Waals surface area contributed by atoms with Crippen molar-refractivity contribution in [2.24, 2.45) is 10.7 Å². The Hall–Kier alpha value is -0.820. The van der Waals surface area contributed by atoms with Crippen LogP contribution in [0.4, 0.5) is 5.69 Å². The smallest absolute Gasteiger partial charge is 0.193 e. The van der Waals surface area contributed by atoms with Crippen LogP contribution < -0.4 is 11.1 Å². The molecule has 0 radical (unpaired) electrons. The largest absolute Gasteiger partial charge is 0.391 e. The number of anilines is 1. The zero-order chi connectivity index (χ0) is 13.0. The molecule has 0 aliphatic heterocycles. The number of rotatable bonds is 3. The number of nitrogens with one attached hydrogen (secondary N) is 1. The van der Waals surface area contributed by atoms with E-state index in [2.05, 4.69) is 22.4 Å². The Balaban J connectivity index is 0.00000180. The zero-order valence-electron chi connectivity index (χ0n) is 11.2. The summed E-state index contributed by atoms with van der Waals surface area (Å²) in [5, 5.41) is 12.3. The Labute approximate surface area is 131 Å². The molecular formula is C14H22IN3O. The molecule has 0 heterocycles. The molecule has 5 heteroatoms. The fourth-order valence-electron chi connectivity index (χ4n) is 2.31. The summed E-state index contributed by atoms with van der Waals surface area (Å²) in [5.74, 6) is 0.370. The van der Waals surface area contributed by atoms with Crippen molar-refractivity contribution in [3.63, 3.8) is 0 Å². The summed E-state index contributed by atoms with van der Waals surface area (Å²) in [6.45, 7) is 2.02. The Morgan fingerprint density at radius 3 is 2.89 bits per heavy atom. The maximum Gasteiger partial charge on any atom is 0.193 e. The molecular weight excluding hydrogens is 353 g/mol. The highest BCUT2D eigenvalue weighted by Gasteiger charge is 2.12. The van der Waals surface area contributed by atoms with Gasteiger partial charge >= 0.3 is 0 Å². The predicted octanol–water partition coefficient (Wildman–Crippen LogP) is 2.29. The van der Waals surface area contributed by atoms with Crippen LogP contribution in [0, 0.1) is 0 Å². The van der Waals surface area contributed by atoms with E-state index < -0.39 is 6.10 Å². The minimum absolute atomic E-state index is 0. The minimum Gasteiger partial charge on any atom is -0.391 e. The first kappa shape index (κ1) is 16.2. The molecule has 1 unspecified atom stereocenters. The highest BCUT2D eigenvalue weighted by molar-refractivity contribution is 14.0. The van der Waals surface area contributed by atoms with Gasteiger partial charge in [0.05, 0.1) is 12.6 Å². The number of benzene rings is 1. The second-order valence-corrected chi connectivity index (χ2v) is 4.85. The van der Waals surface area contributed by atoms with Crippen LogP contribution >= 0.6 is 24.0 Å². The molecule has 0 fully saturated rings. The molecule has 1 atom stereocenters. The average Bonchev–Trinajstić information content (AvgIpc) is 2.37. The number of nitrogens with zero attached hydrogens (tertiary/aromatic N) is 1. The van der Waals surface area contributed by atoms with Gasteiger partial charge in [0.25, 0.3) is 0 Å². The third-order valence-electron chi connectivity index (χ3n) is 3.18. The lowest BCUT2D eigenvalue weighted by Crippen LogP contribution is -2.25. The quantitative estimate of drug-likeness (QED) is 0.431. The number of aryl methyl sites for hydroxylation is 1. The lowest BCUT2D eigenvalue weighted by molar-refractivity contribution is 0.204. The third-order valence-corrected chi connectivity index (χ3v) is 3.18. The number of hydrogen-bond donors (Lipinski definition) is 3. The number of hydrogen-bond acceptors (Lipinski definition) is 2. The number of aliphatic hydroxyl groups is 1. The molecule has 0 amide bonds. The Bertz CT molecular complexity index is 446. The number of nitrogens with two attached hydrogens (primary N) is 1. The molecule has 0 bridgehead atoms. The minimum atomic E-state index is -0.463. The normalized spacial score (nSPS) is 16.2. The number of guanidine groups is 1. The third kappa shape index (κ3) is 4.65. The van der Waals surface area contributed by atoms with E-state index in [1.165, 1.54) is 24.0 Å². The van der Waals surface area contributed by atoms with Gasteiger partial charge in [0, 0.05) is 5.69 Å². The van der Waals surface area contributed by atoms with Gasteiger partial charge in [-0.3, -0.25) is 4.99 Å². The first-order valence-corrected chi connectivity index (χ1v) is 6.52. The van der Waals surface area contributed by atoms with E-state index in [1.54, 1.807) is 6.92 Å². The lowest BCUT2D eigenvalue weighted by Gasteiger charge is -2.19. The SMILES string of the molecule is CC(O)CN=C(N)Nc1cccc2c1CCCC2.I. The van der Waals surface area contributed by atoms with Gasteiger partial charge in [-0.05, 0) is 49.8 Å². The summed E-state index contributed by atoms with van der Waals surface area (Å²) in [6.07, 6.45) is 4.28. The van der Waals surface area contributed by atoms with Gasteiger partial charge in [-0.1, -0.05) is 12.1 Å². The molecule has 106 valence electrons. The molecule has 0 spiro atoms. The van der Waals surface area contributed by atoms with Crippen molar-refractivity contribution in [3.05, 3.63) is 29.3 Å². The molecule has 1 aliphatic carbocycles. The van der Waals surface area contributed by atoms with E-state index in [4.69, 9.17) is 10.8 Å². The van der Waals surface area contributed by atoms with Crippen molar-refractivity contribution in [1.29, 1.82) is 0 Å². The van der Waals surface area contributed by atoms with Crippen molar-refractivity contribution in [1.82, 2.24) is 0 Å². The number of fused-ring (bicyclic) bond motifs is 1. The molecule has 4 nitrogen and oxygen atoms in total. The van der Waals surface area contributed by atoms with Gasteiger partial charge in [-0.25, -0.2) is 0 Å². The van der Waals surface area contributed by atoms with E-state index >= 15 is 0 Å². The van der Waals surface area contributed by atoms with E-state index in [-0.39, 0.29) is 24.0 Å². The van der Waals surface area contributed by atoms with Crippen LogP contribution in [0.3, 0.4) is 0 Å². The van der Waals surface area contributed by atoms with Crippen LogP contribution in [0.25, 0.3) is 0 Å². The van der Waals surface area contributed by atoms with Crippen LogP contribution in [-0.4, -0.2) is 23.7 Å².